The van der Waals surface area contributed by atoms with Crippen molar-refractivity contribution in [1.82, 2.24) is 4.98 Å². The molecule has 1 aromatic heterocycles. The molecule has 4 bridgehead atoms. The molecule has 0 aliphatic heterocycles. The summed E-state index contributed by atoms with van der Waals surface area (Å²) in [5, 5.41) is 0. The Labute approximate surface area is 119 Å². The van der Waals surface area contributed by atoms with Crippen LogP contribution >= 0.6 is 0 Å². The molecule has 4 saturated carbocycles. The topological polar surface area (TPSA) is 26.0 Å². The van der Waals surface area contributed by atoms with Crippen LogP contribution in [-0.2, 0) is 6.42 Å². The molecular formula is C18H21NO. The number of fused-ring (bicyclic) bond motifs is 1. The number of oxazole rings is 1. The second-order valence-corrected chi connectivity index (χ2v) is 7.37. The maximum atomic E-state index is 5.96. The highest BCUT2D eigenvalue weighted by molar-refractivity contribution is 5.72. The first-order valence-corrected chi connectivity index (χ1v) is 8.19. The number of rotatable bonds is 2. The summed E-state index contributed by atoms with van der Waals surface area (Å²) in [5.41, 5.74) is 1.97. The number of aromatic nitrogens is 1. The Bertz CT molecular complexity index is 583. The van der Waals surface area contributed by atoms with Gasteiger partial charge in [-0.25, -0.2) is 4.98 Å². The molecule has 0 unspecified atom stereocenters. The fourth-order valence-corrected chi connectivity index (χ4v) is 5.58. The van der Waals surface area contributed by atoms with Gasteiger partial charge in [-0.15, -0.1) is 0 Å². The van der Waals surface area contributed by atoms with Crippen molar-refractivity contribution < 1.29 is 4.42 Å². The summed E-state index contributed by atoms with van der Waals surface area (Å²) >= 11 is 0. The van der Waals surface area contributed by atoms with Gasteiger partial charge < -0.3 is 4.42 Å². The average molecular weight is 267 g/mol. The van der Waals surface area contributed by atoms with Crippen molar-refractivity contribution in [3.63, 3.8) is 0 Å². The number of benzene rings is 1. The molecule has 0 radical (unpaired) electrons. The van der Waals surface area contributed by atoms with Gasteiger partial charge in [0.2, 0.25) is 0 Å². The quantitative estimate of drug-likeness (QED) is 0.803. The van der Waals surface area contributed by atoms with E-state index in [0.717, 1.165) is 53.0 Å². The van der Waals surface area contributed by atoms with E-state index in [9.17, 15) is 0 Å². The summed E-state index contributed by atoms with van der Waals surface area (Å²) in [6.07, 6.45) is 8.54. The summed E-state index contributed by atoms with van der Waals surface area (Å²) in [7, 11) is 0. The summed E-state index contributed by atoms with van der Waals surface area (Å²) < 4.78 is 5.96. The third-order valence-corrected chi connectivity index (χ3v) is 6.17. The lowest BCUT2D eigenvalue weighted by Crippen LogP contribution is -2.45. The molecule has 0 N–H and O–H groups in total. The van der Waals surface area contributed by atoms with E-state index in [1.165, 1.54) is 32.1 Å². The first-order valence-electron chi connectivity index (χ1n) is 8.19. The van der Waals surface area contributed by atoms with Crippen LogP contribution in [0.5, 0.6) is 0 Å². The van der Waals surface area contributed by atoms with E-state index in [0.29, 0.717) is 0 Å². The van der Waals surface area contributed by atoms with E-state index in [-0.39, 0.29) is 0 Å². The van der Waals surface area contributed by atoms with Gasteiger partial charge in [0.25, 0.3) is 0 Å². The number of nitrogens with zero attached hydrogens (tertiary/aromatic N) is 1. The predicted octanol–water partition coefficient (Wildman–Crippen LogP) is 4.44. The summed E-state index contributed by atoms with van der Waals surface area (Å²) in [5.74, 6) is 5.84. The molecule has 4 fully saturated rings. The minimum absolute atomic E-state index is 0.843. The highest BCUT2D eigenvalue weighted by atomic mass is 16.3. The Hall–Kier alpha value is -1.31. The van der Waals surface area contributed by atoms with E-state index in [1.54, 1.807) is 0 Å². The first kappa shape index (κ1) is 11.4. The van der Waals surface area contributed by atoms with Crippen LogP contribution in [0.2, 0.25) is 0 Å². The Morgan fingerprint density at radius 1 is 0.950 bits per heavy atom. The van der Waals surface area contributed by atoms with Crippen molar-refractivity contribution in [2.24, 2.45) is 29.6 Å². The molecule has 0 amide bonds. The second-order valence-electron chi connectivity index (χ2n) is 7.37. The van der Waals surface area contributed by atoms with Gasteiger partial charge in [0.15, 0.2) is 11.5 Å². The molecule has 2 nitrogen and oxygen atoms in total. The van der Waals surface area contributed by atoms with Gasteiger partial charge in [-0.1, -0.05) is 12.1 Å². The van der Waals surface area contributed by atoms with Gasteiger partial charge in [-0.3, -0.25) is 0 Å². The SMILES string of the molecule is c1ccc2oc(CC3C4CC5CC(C4)CC3C5)nc2c1. The number of hydrogen-bond acceptors (Lipinski definition) is 2. The average Bonchev–Trinajstić information content (AvgIpc) is 2.84. The summed E-state index contributed by atoms with van der Waals surface area (Å²) in [4.78, 5) is 4.70. The number of hydrogen-bond donors (Lipinski definition) is 0. The van der Waals surface area contributed by atoms with Gasteiger partial charge in [0.1, 0.15) is 5.52 Å². The molecule has 4 aliphatic rings. The lowest BCUT2D eigenvalue weighted by atomic mass is 9.51. The molecule has 0 saturated heterocycles. The maximum absolute atomic E-state index is 5.96. The van der Waals surface area contributed by atoms with E-state index in [2.05, 4.69) is 6.07 Å². The minimum Gasteiger partial charge on any atom is -0.441 e. The van der Waals surface area contributed by atoms with E-state index in [4.69, 9.17) is 9.40 Å². The Kier molecular flexibility index (Phi) is 2.33. The van der Waals surface area contributed by atoms with Gasteiger partial charge in [-0.05, 0) is 73.8 Å². The molecule has 2 aromatic rings. The van der Waals surface area contributed by atoms with Crippen molar-refractivity contribution in [1.29, 1.82) is 0 Å². The van der Waals surface area contributed by atoms with Crippen molar-refractivity contribution in [2.45, 2.75) is 38.5 Å². The van der Waals surface area contributed by atoms with Gasteiger partial charge in [-0.2, -0.15) is 0 Å². The number of para-hydroxylation sites is 2. The lowest BCUT2D eigenvalue weighted by molar-refractivity contribution is -0.0380. The molecule has 0 spiro atoms. The van der Waals surface area contributed by atoms with Crippen LogP contribution in [0.25, 0.3) is 11.1 Å². The third-order valence-electron chi connectivity index (χ3n) is 6.17. The largest absolute Gasteiger partial charge is 0.441 e. The Balaban J connectivity index is 1.43. The molecular weight excluding hydrogens is 246 g/mol. The third kappa shape index (κ3) is 1.66. The summed E-state index contributed by atoms with van der Waals surface area (Å²) in [6, 6.07) is 8.15. The lowest BCUT2D eigenvalue weighted by Gasteiger charge is -2.54. The van der Waals surface area contributed by atoms with Crippen LogP contribution in [-0.4, -0.2) is 4.98 Å². The molecule has 1 aromatic carbocycles. The van der Waals surface area contributed by atoms with Gasteiger partial charge in [0, 0.05) is 6.42 Å². The molecule has 6 rings (SSSR count). The normalized spacial score (nSPS) is 38.7. The zero-order valence-electron chi connectivity index (χ0n) is 11.8. The highest BCUT2D eigenvalue weighted by Crippen LogP contribution is 2.57. The van der Waals surface area contributed by atoms with Crippen molar-refractivity contribution in [3.8, 4) is 0 Å². The van der Waals surface area contributed by atoms with E-state index < -0.39 is 0 Å². The van der Waals surface area contributed by atoms with E-state index in [1.807, 2.05) is 18.2 Å². The van der Waals surface area contributed by atoms with Crippen LogP contribution in [0, 0.1) is 29.6 Å². The Morgan fingerprint density at radius 2 is 1.65 bits per heavy atom. The fourth-order valence-electron chi connectivity index (χ4n) is 5.58. The predicted molar refractivity (Wildman–Crippen MR) is 78.2 cm³/mol. The summed E-state index contributed by atoms with van der Waals surface area (Å²) in [6.45, 7) is 0. The molecule has 1 heterocycles. The standard InChI is InChI=1S/C18H21NO/c1-2-4-17-16(3-1)19-18(20-17)10-15-13-6-11-5-12(8-13)9-14(15)7-11/h1-4,11-15H,5-10H2. The molecule has 2 heteroatoms. The molecule has 0 atom stereocenters. The second kappa shape index (κ2) is 4.09. The molecule has 20 heavy (non-hydrogen) atoms. The van der Waals surface area contributed by atoms with Gasteiger partial charge >= 0.3 is 0 Å². The molecule has 4 aliphatic carbocycles. The first-order chi connectivity index (χ1) is 9.85. The zero-order valence-corrected chi connectivity index (χ0v) is 11.8. The van der Waals surface area contributed by atoms with Crippen molar-refractivity contribution in [3.05, 3.63) is 30.2 Å². The van der Waals surface area contributed by atoms with Crippen LogP contribution in [0.1, 0.15) is 38.0 Å². The minimum atomic E-state index is 0.843. The van der Waals surface area contributed by atoms with Crippen LogP contribution in [0.15, 0.2) is 28.7 Å². The highest BCUT2D eigenvalue weighted by Gasteiger charge is 2.48. The van der Waals surface area contributed by atoms with Gasteiger partial charge in [0.05, 0.1) is 0 Å². The monoisotopic (exact) mass is 267 g/mol. The van der Waals surface area contributed by atoms with Crippen molar-refractivity contribution >= 4 is 11.1 Å². The van der Waals surface area contributed by atoms with E-state index >= 15 is 0 Å². The zero-order chi connectivity index (χ0) is 13.1. The van der Waals surface area contributed by atoms with Crippen LogP contribution in [0.4, 0.5) is 0 Å². The maximum Gasteiger partial charge on any atom is 0.195 e. The van der Waals surface area contributed by atoms with Crippen molar-refractivity contribution in [2.75, 3.05) is 0 Å². The molecule has 104 valence electrons. The fraction of sp³-hybridized carbons (Fsp3) is 0.611. The smallest absolute Gasteiger partial charge is 0.195 e. The van der Waals surface area contributed by atoms with Crippen LogP contribution < -0.4 is 0 Å². The Morgan fingerprint density at radius 3 is 2.35 bits per heavy atom. The van der Waals surface area contributed by atoms with Crippen LogP contribution in [0.3, 0.4) is 0 Å².